The third-order valence-electron chi connectivity index (χ3n) is 4.10. The lowest BCUT2D eigenvalue weighted by Gasteiger charge is -2.08. The predicted molar refractivity (Wildman–Crippen MR) is 108 cm³/mol. The molecule has 0 radical (unpaired) electrons. The van der Waals surface area contributed by atoms with Gasteiger partial charge in [0.15, 0.2) is 0 Å². The van der Waals surface area contributed by atoms with Gasteiger partial charge in [0, 0.05) is 21.5 Å². The molecule has 0 spiro atoms. The summed E-state index contributed by atoms with van der Waals surface area (Å²) in [4.78, 5) is 35.2. The zero-order chi connectivity index (χ0) is 21.7. The first-order chi connectivity index (χ1) is 14.3. The molecule has 0 fully saturated rings. The summed E-state index contributed by atoms with van der Waals surface area (Å²) in [6.45, 7) is 0.0575. The molecule has 0 saturated heterocycles. The lowest BCUT2D eigenvalue weighted by molar-refractivity contribution is -0.387. The molecule has 0 aliphatic carbocycles. The Balaban J connectivity index is 1.57. The van der Waals surface area contributed by atoms with Crippen molar-refractivity contribution in [2.24, 2.45) is 0 Å². The average molecular weight is 429 g/mol. The number of hydrogen-bond donors (Lipinski definition) is 3. The summed E-state index contributed by atoms with van der Waals surface area (Å²) in [6, 6.07) is 15.3. The van der Waals surface area contributed by atoms with Crippen LogP contribution in [0.4, 0.5) is 15.8 Å². The number of amides is 2. The minimum atomic E-state index is -1.05. The van der Waals surface area contributed by atoms with Crippen LogP contribution in [0.1, 0.15) is 21.4 Å². The first-order valence-electron chi connectivity index (χ1n) is 8.70. The molecule has 154 valence electrons. The quantitative estimate of drug-likeness (QED) is 0.316. The Hall–Kier alpha value is -3.63. The zero-order valence-corrected chi connectivity index (χ0v) is 16.2. The van der Waals surface area contributed by atoms with E-state index in [2.05, 4.69) is 10.6 Å². The third-order valence-corrected chi connectivity index (χ3v) is 5.24. The summed E-state index contributed by atoms with van der Waals surface area (Å²) in [5, 5.41) is 25.8. The van der Waals surface area contributed by atoms with Gasteiger partial charge in [-0.3, -0.25) is 19.7 Å². The predicted octanol–water partition coefficient (Wildman–Crippen LogP) is 3.13. The van der Waals surface area contributed by atoms with Gasteiger partial charge in [0.05, 0.1) is 11.5 Å². The maximum atomic E-state index is 13.3. The van der Waals surface area contributed by atoms with Crippen molar-refractivity contribution in [3.05, 3.63) is 91.9 Å². The number of aliphatic hydroxyl groups excluding tert-OH is 1. The average Bonchev–Trinajstić information content (AvgIpc) is 3.22. The van der Waals surface area contributed by atoms with Gasteiger partial charge in [-0.1, -0.05) is 30.3 Å². The van der Waals surface area contributed by atoms with Gasteiger partial charge in [0.2, 0.25) is 5.82 Å². The van der Waals surface area contributed by atoms with Gasteiger partial charge in [-0.25, -0.2) is 0 Å². The minimum absolute atomic E-state index is 0.0575. The zero-order valence-electron chi connectivity index (χ0n) is 15.4. The normalized spacial score (nSPS) is 11.5. The molecule has 2 amide bonds. The van der Waals surface area contributed by atoms with E-state index in [-0.39, 0.29) is 12.2 Å². The van der Waals surface area contributed by atoms with E-state index in [1.54, 1.807) is 24.3 Å². The molecule has 0 aliphatic rings. The fourth-order valence-corrected chi connectivity index (χ4v) is 3.57. The Morgan fingerprint density at radius 3 is 2.53 bits per heavy atom. The summed E-state index contributed by atoms with van der Waals surface area (Å²) < 4.78 is 13.3. The highest BCUT2D eigenvalue weighted by Gasteiger charge is 2.19. The number of anilines is 1. The molecule has 3 aromatic rings. The van der Waals surface area contributed by atoms with Gasteiger partial charge in [0.1, 0.15) is 6.10 Å². The largest absolute Gasteiger partial charge is 0.383 e. The maximum absolute atomic E-state index is 13.3. The highest BCUT2D eigenvalue weighted by Crippen LogP contribution is 2.28. The number of rotatable bonds is 6. The summed E-state index contributed by atoms with van der Waals surface area (Å²) in [5.41, 5.74) is -0.147. The number of nitro benzene ring substituents is 1. The molecule has 10 heteroatoms. The van der Waals surface area contributed by atoms with Crippen LogP contribution in [-0.4, -0.2) is 21.8 Å². The molecule has 0 bridgehead atoms. The van der Waals surface area contributed by atoms with Gasteiger partial charge >= 0.3 is 17.5 Å². The van der Waals surface area contributed by atoms with Gasteiger partial charge in [-0.15, -0.1) is 11.3 Å². The molecule has 3 N–H and O–H groups in total. The van der Waals surface area contributed by atoms with Gasteiger partial charge in [-0.2, -0.15) is 4.39 Å². The molecule has 30 heavy (non-hydrogen) atoms. The second-order valence-electron chi connectivity index (χ2n) is 6.18. The highest BCUT2D eigenvalue weighted by atomic mass is 32.1. The second-order valence-corrected chi connectivity index (χ2v) is 7.38. The van der Waals surface area contributed by atoms with Crippen LogP contribution in [0.15, 0.2) is 60.7 Å². The molecule has 8 nitrogen and oxygen atoms in total. The van der Waals surface area contributed by atoms with Gasteiger partial charge in [-0.05, 0) is 29.8 Å². The summed E-state index contributed by atoms with van der Waals surface area (Å²) in [6.07, 6.45) is -0.793. The molecule has 1 heterocycles. The topological polar surface area (TPSA) is 122 Å². The molecular weight excluding hydrogens is 413 g/mol. The number of halogens is 1. The summed E-state index contributed by atoms with van der Waals surface area (Å²) >= 11 is 1.29. The number of nitrogens with one attached hydrogen (secondary N) is 2. The number of carbonyl (C=O) groups excluding carboxylic acids is 2. The van der Waals surface area contributed by atoms with E-state index < -0.39 is 34.3 Å². The SMILES string of the molecule is O=C(NCc1ccc(C(O)c2ccccc2)s1)C(=O)Nc1ccc(F)c([N+](=O)[O-])c1. The molecular formula is C20H16FN3O5S. The summed E-state index contributed by atoms with van der Waals surface area (Å²) in [7, 11) is 0. The van der Waals surface area contributed by atoms with Crippen molar-refractivity contribution in [3.8, 4) is 0 Å². The van der Waals surface area contributed by atoms with Crippen LogP contribution >= 0.6 is 11.3 Å². The Morgan fingerprint density at radius 1 is 1.10 bits per heavy atom. The Labute approximate surface area is 174 Å². The number of benzene rings is 2. The number of thiophene rings is 1. The monoisotopic (exact) mass is 429 g/mol. The molecule has 1 unspecified atom stereocenters. The third kappa shape index (κ3) is 5.04. The van der Waals surface area contributed by atoms with E-state index in [1.807, 2.05) is 18.2 Å². The van der Waals surface area contributed by atoms with Crippen molar-refractivity contribution < 1.29 is 24.0 Å². The minimum Gasteiger partial charge on any atom is -0.383 e. The molecule has 1 atom stereocenters. The molecule has 1 aromatic heterocycles. The lowest BCUT2D eigenvalue weighted by atomic mass is 10.1. The first-order valence-corrected chi connectivity index (χ1v) is 9.51. The van der Waals surface area contributed by atoms with Crippen molar-refractivity contribution in [2.75, 3.05) is 5.32 Å². The van der Waals surface area contributed by atoms with Crippen molar-refractivity contribution in [1.82, 2.24) is 5.32 Å². The van der Waals surface area contributed by atoms with Crippen molar-refractivity contribution in [2.45, 2.75) is 12.6 Å². The van der Waals surface area contributed by atoms with Gasteiger partial charge < -0.3 is 15.7 Å². The number of carbonyl (C=O) groups is 2. The fourth-order valence-electron chi connectivity index (χ4n) is 2.60. The molecule has 0 aliphatic heterocycles. The number of nitro groups is 1. The first kappa shape index (κ1) is 21.1. The van der Waals surface area contributed by atoms with E-state index in [0.717, 1.165) is 28.6 Å². The van der Waals surface area contributed by atoms with Crippen molar-refractivity contribution >= 4 is 34.5 Å². The van der Waals surface area contributed by atoms with Crippen LogP contribution in [-0.2, 0) is 16.1 Å². The maximum Gasteiger partial charge on any atom is 0.313 e. The number of nitrogens with zero attached hydrogens (tertiary/aromatic N) is 1. The van der Waals surface area contributed by atoms with Crippen LogP contribution in [0.5, 0.6) is 0 Å². The van der Waals surface area contributed by atoms with E-state index in [4.69, 9.17) is 0 Å². The van der Waals surface area contributed by atoms with Crippen LogP contribution in [0, 0.1) is 15.9 Å². The smallest absolute Gasteiger partial charge is 0.313 e. The Morgan fingerprint density at radius 2 is 1.83 bits per heavy atom. The molecule has 3 rings (SSSR count). The number of aliphatic hydroxyl groups is 1. The number of hydrogen-bond acceptors (Lipinski definition) is 6. The summed E-state index contributed by atoms with van der Waals surface area (Å²) in [5.74, 6) is -3.05. The van der Waals surface area contributed by atoms with Crippen molar-refractivity contribution in [1.29, 1.82) is 0 Å². The van der Waals surface area contributed by atoms with E-state index in [9.17, 15) is 29.2 Å². The van der Waals surface area contributed by atoms with Gasteiger partial charge in [0.25, 0.3) is 0 Å². The van der Waals surface area contributed by atoms with E-state index >= 15 is 0 Å². The standard InChI is InChI=1S/C20H16FN3O5S/c21-15-8-6-13(10-16(15)24(28)29)23-20(27)19(26)22-11-14-7-9-17(30-14)18(25)12-4-2-1-3-5-12/h1-10,18,25H,11H2,(H,22,26)(H,23,27). The molecule has 0 saturated carbocycles. The molecule has 2 aromatic carbocycles. The van der Waals surface area contributed by atoms with Crippen LogP contribution in [0.25, 0.3) is 0 Å². The van der Waals surface area contributed by atoms with E-state index in [0.29, 0.717) is 4.88 Å². The highest BCUT2D eigenvalue weighted by molar-refractivity contribution is 7.12. The van der Waals surface area contributed by atoms with Crippen LogP contribution in [0.3, 0.4) is 0 Å². The van der Waals surface area contributed by atoms with E-state index in [1.165, 1.54) is 11.3 Å². The Kier molecular flexibility index (Phi) is 6.50. The van der Waals surface area contributed by atoms with Crippen LogP contribution in [0.2, 0.25) is 0 Å². The van der Waals surface area contributed by atoms with Crippen molar-refractivity contribution in [3.63, 3.8) is 0 Å². The lowest BCUT2D eigenvalue weighted by Crippen LogP contribution is -2.34. The fraction of sp³-hybridized carbons (Fsp3) is 0.100. The Bertz CT molecular complexity index is 1090. The second kappa shape index (κ2) is 9.25. The van der Waals surface area contributed by atoms with Crippen LogP contribution < -0.4 is 10.6 Å².